The first-order valence-electron chi connectivity index (χ1n) is 7.82. The Balaban J connectivity index is 2.00. The van der Waals surface area contributed by atoms with Crippen LogP contribution in [0.15, 0.2) is 30.3 Å². The minimum Gasteiger partial charge on any atom is -0.467 e. The fourth-order valence-electron chi connectivity index (χ4n) is 2.55. The molecule has 0 aliphatic carbocycles. The summed E-state index contributed by atoms with van der Waals surface area (Å²) >= 11 is 0. The van der Waals surface area contributed by atoms with Gasteiger partial charge in [0.15, 0.2) is 0 Å². The summed E-state index contributed by atoms with van der Waals surface area (Å²) in [4.78, 5) is 25.9. The van der Waals surface area contributed by atoms with Crippen molar-refractivity contribution in [1.82, 2.24) is 10.2 Å². The quantitative estimate of drug-likeness (QED) is 0.861. The molecule has 6 nitrogen and oxygen atoms in total. The van der Waals surface area contributed by atoms with E-state index in [1.807, 2.05) is 44.2 Å². The summed E-state index contributed by atoms with van der Waals surface area (Å²) in [7, 11) is 1.32. The topological polar surface area (TPSA) is 67.9 Å². The van der Waals surface area contributed by atoms with Crippen LogP contribution in [0.4, 0.5) is 4.79 Å². The molecule has 0 saturated carbocycles. The highest BCUT2D eigenvalue weighted by atomic mass is 16.5. The van der Waals surface area contributed by atoms with Crippen molar-refractivity contribution in [3.05, 3.63) is 35.9 Å². The Morgan fingerprint density at radius 1 is 1.30 bits per heavy atom. The zero-order valence-corrected chi connectivity index (χ0v) is 13.8. The second-order valence-electron chi connectivity index (χ2n) is 5.91. The van der Waals surface area contributed by atoms with E-state index in [0.29, 0.717) is 19.7 Å². The van der Waals surface area contributed by atoms with Gasteiger partial charge < -0.3 is 19.7 Å². The third kappa shape index (κ3) is 4.45. The van der Waals surface area contributed by atoms with E-state index in [1.165, 1.54) is 7.11 Å². The molecule has 1 aliphatic rings. The highest BCUT2D eigenvalue weighted by molar-refractivity contribution is 5.83. The molecule has 0 aromatic heterocycles. The molecule has 1 heterocycles. The Morgan fingerprint density at radius 2 is 2.00 bits per heavy atom. The average molecular weight is 320 g/mol. The van der Waals surface area contributed by atoms with Gasteiger partial charge in [-0.05, 0) is 11.5 Å². The fraction of sp³-hybridized carbons (Fsp3) is 0.529. The van der Waals surface area contributed by atoms with E-state index >= 15 is 0 Å². The predicted octanol–water partition coefficient (Wildman–Crippen LogP) is 1.97. The minimum atomic E-state index is -0.648. The lowest BCUT2D eigenvalue weighted by Gasteiger charge is -2.34. The number of amides is 2. The molecule has 1 N–H and O–H groups in total. The number of urea groups is 1. The Bertz CT molecular complexity index is 533. The van der Waals surface area contributed by atoms with E-state index in [1.54, 1.807) is 4.90 Å². The highest BCUT2D eigenvalue weighted by Gasteiger charge is 2.30. The molecule has 2 atom stereocenters. The summed E-state index contributed by atoms with van der Waals surface area (Å²) in [5, 5.41) is 2.77. The Kier molecular flexibility index (Phi) is 5.98. The molecule has 1 saturated heterocycles. The molecule has 2 amide bonds. The number of morpholine rings is 1. The van der Waals surface area contributed by atoms with Crippen molar-refractivity contribution >= 4 is 12.0 Å². The third-order valence-corrected chi connectivity index (χ3v) is 3.93. The van der Waals surface area contributed by atoms with Crippen LogP contribution in [0.2, 0.25) is 0 Å². The summed E-state index contributed by atoms with van der Waals surface area (Å²) in [6, 6.07) is 8.90. The van der Waals surface area contributed by atoms with Crippen LogP contribution in [-0.2, 0) is 14.3 Å². The molecule has 23 heavy (non-hydrogen) atoms. The number of nitrogens with zero attached hydrogens (tertiary/aromatic N) is 1. The van der Waals surface area contributed by atoms with Gasteiger partial charge in [0, 0.05) is 6.54 Å². The van der Waals surface area contributed by atoms with E-state index < -0.39 is 12.0 Å². The second kappa shape index (κ2) is 7.97. The molecule has 0 radical (unpaired) electrons. The molecule has 1 aromatic carbocycles. The van der Waals surface area contributed by atoms with Crippen molar-refractivity contribution in [2.75, 3.05) is 26.8 Å². The maximum absolute atomic E-state index is 12.5. The molecular weight excluding hydrogens is 296 g/mol. The zero-order valence-electron chi connectivity index (χ0n) is 13.8. The van der Waals surface area contributed by atoms with Crippen molar-refractivity contribution in [3.63, 3.8) is 0 Å². The Morgan fingerprint density at radius 3 is 2.61 bits per heavy atom. The number of benzene rings is 1. The second-order valence-corrected chi connectivity index (χ2v) is 5.91. The molecule has 0 spiro atoms. The van der Waals surface area contributed by atoms with E-state index in [0.717, 1.165) is 5.56 Å². The normalized spacial score (nSPS) is 19.3. The highest BCUT2D eigenvalue weighted by Crippen LogP contribution is 2.22. The first-order valence-corrected chi connectivity index (χ1v) is 7.82. The van der Waals surface area contributed by atoms with Crippen LogP contribution in [-0.4, -0.2) is 49.7 Å². The van der Waals surface area contributed by atoms with Crippen molar-refractivity contribution < 1.29 is 19.1 Å². The van der Waals surface area contributed by atoms with E-state index in [2.05, 4.69) is 5.32 Å². The van der Waals surface area contributed by atoms with Gasteiger partial charge in [-0.1, -0.05) is 44.2 Å². The van der Waals surface area contributed by atoms with Crippen LogP contribution in [0, 0.1) is 5.92 Å². The monoisotopic (exact) mass is 320 g/mol. The number of hydrogen-bond donors (Lipinski definition) is 1. The lowest BCUT2D eigenvalue weighted by molar-refractivity contribution is -0.144. The Hall–Kier alpha value is -2.08. The van der Waals surface area contributed by atoms with Crippen molar-refractivity contribution in [2.24, 2.45) is 5.92 Å². The van der Waals surface area contributed by atoms with E-state index in [4.69, 9.17) is 9.47 Å². The summed E-state index contributed by atoms with van der Waals surface area (Å²) in [6.07, 6.45) is -0.147. The molecule has 126 valence electrons. The molecule has 1 fully saturated rings. The van der Waals surface area contributed by atoms with Crippen LogP contribution < -0.4 is 5.32 Å². The lowest BCUT2D eigenvalue weighted by Crippen LogP contribution is -2.53. The van der Waals surface area contributed by atoms with E-state index in [-0.39, 0.29) is 18.1 Å². The van der Waals surface area contributed by atoms with Gasteiger partial charge >= 0.3 is 12.0 Å². The molecule has 2 unspecified atom stereocenters. The van der Waals surface area contributed by atoms with Gasteiger partial charge in [-0.15, -0.1) is 0 Å². The zero-order chi connectivity index (χ0) is 16.8. The van der Waals surface area contributed by atoms with Gasteiger partial charge in [-0.3, -0.25) is 0 Å². The number of rotatable bonds is 4. The van der Waals surface area contributed by atoms with Gasteiger partial charge in [0.1, 0.15) is 12.1 Å². The van der Waals surface area contributed by atoms with Crippen LogP contribution in [0.3, 0.4) is 0 Å². The smallest absolute Gasteiger partial charge is 0.328 e. The molecule has 1 aromatic rings. The van der Waals surface area contributed by atoms with Crippen LogP contribution in [0.1, 0.15) is 25.5 Å². The number of methoxy groups -OCH3 is 1. The molecule has 1 aliphatic heterocycles. The summed E-state index contributed by atoms with van der Waals surface area (Å²) in [6.45, 7) is 5.17. The minimum absolute atomic E-state index is 0.0441. The first-order chi connectivity index (χ1) is 11.0. The maximum atomic E-state index is 12.5. The van der Waals surface area contributed by atoms with Gasteiger partial charge in [0.05, 0.1) is 20.3 Å². The standard InChI is InChI=1S/C17H24N2O4/c1-12(2)15(16(20)22-3)18-17(21)19-9-10-23-14(11-19)13-7-5-4-6-8-13/h4-8,12,14-15H,9-11H2,1-3H3,(H,18,21). The number of esters is 1. The molecule has 2 rings (SSSR count). The van der Waals surface area contributed by atoms with Crippen molar-refractivity contribution in [3.8, 4) is 0 Å². The molecule has 0 bridgehead atoms. The molecular formula is C17H24N2O4. The number of carbonyl (C=O) groups excluding carboxylic acids is 2. The van der Waals surface area contributed by atoms with Crippen molar-refractivity contribution in [1.29, 1.82) is 0 Å². The van der Waals surface area contributed by atoms with Gasteiger partial charge in [-0.25, -0.2) is 9.59 Å². The number of hydrogen-bond acceptors (Lipinski definition) is 4. The van der Waals surface area contributed by atoms with Gasteiger partial charge in [-0.2, -0.15) is 0 Å². The maximum Gasteiger partial charge on any atom is 0.328 e. The number of carbonyl (C=O) groups is 2. The summed E-state index contributed by atoms with van der Waals surface area (Å²) in [5.41, 5.74) is 1.04. The van der Waals surface area contributed by atoms with Crippen molar-refractivity contribution in [2.45, 2.75) is 26.0 Å². The largest absolute Gasteiger partial charge is 0.467 e. The summed E-state index contributed by atoms with van der Waals surface area (Å²) in [5.74, 6) is -0.474. The van der Waals surface area contributed by atoms with Crippen LogP contribution in [0.5, 0.6) is 0 Å². The molecule has 6 heteroatoms. The average Bonchev–Trinajstić information content (AvgIpc) is 2.59. The van der Waals surface area contributed by atoms with Crippen LogP contribution >= 0.6 is 0 Å². The van der Waals surface area contributed by atoms with Gasteiger partial charge in [0.25, 0.3) is 0 Å². The number of nitrogens with one attached hydrogen (secondary N) is 1. The third-order valence-electron chi connectivity index (χ3n) is 3.93. The first kappa shape index (κ1) is 17.3. The SMILES string of the molecule is COC(=O)C(NC(=O)N1CCOC(c2ccccc2)C1)C(C)C. The van der Waals surface area contributed by atoms with Gasteiger partial charge in [0.2, 0.25) is 0 Å². The van der Waals surface area contributed by atoms with Crippen LogP contribution in [0.25, 0.3) is 0 Å². The summed E-state index contributed by atoms with van der Waals surface area (Å²) < 4.78 is 10.5. The fourth-order valence-corrected chi connectivity index (χ4v) is 2.55. The Labute approximate surface area is 136 Å². The lowest BCUT2D eigenvalue weighted by atomic mass is 10.0. The van der Waals surface area contributed by atoms with E-state index in [9.17, 15) is 9.59 Å². The number of ether oxygens (including phenoxy) is 2. The predicted molar refractivity (Wildman–Crippen MR) is 85.9 cm³/mol.